The van der Waals surface area contributed by atoms with Crippen LogP contribution in [0.5, 0.6) is 0 Å². The topological polar surface area (TPSA) is 102 Å². The molecule has 0 unspecified atom stereocenters. The Morgan fingerprint density at radius 3 is 2.00 bits per heavy atom. The van der Waals surface area contributed by atoms with Gasteiger partial charge in [0, 0.05) is 0 Å². The number of aliphatic hydroxyl groups is 1. The number of aliphatic hydroxyl groups excluding tert-OH is 1. The van der Waals surface area contributed by atoms with E-state index < -0.39 is 11.9 Å². The smallest absolute Gasteiger partial charge is 0.308 e. The number of carbonyl (C=O) groups is 2. The zero-order valence-corrected chi connectivity index (χ0v) is 9.59. The van der Waals surface area contributed by atoms with E-state index in [-0.39, 0.29) is 39.3 Å². The molecule has 0 heterocycles. The predicted molar refractivity (Wildman–Crippen MR) is 56.6 cm³/mol. The quantitative estimate of drug-likeness (QED) is 0.373. The number of hydrogen-bond donors (Lipinski definition) is 2. The summed E-state index contributed by atoms with van der Waals surface area (Å²) in [5.74, 6) is -1.33. The maximum atomic E-state index is 10.9. The average Bonchev–Trinajstić information content (AvgIpc) is 2.29. The SMILES string of the molecule is O=C(O)CCOCCOCCC(=O)OCCO. The monoisotopic (exact) mass is 250 g/mol. The van der Waals surface area contributed by atoms with Gasteiger partial charge >= 0.3 is 11.9 Å². The van der Waals surface area contributed by atoms with Gasteiger partial charge in [-0.25, -0.2) is 0 Å². The number of esters is 1. The minimum Gasteiger partial charge on any atom is -0.481 e. The van der Waals surface area contributed by atoms with Crippen LogP contribution in [-0.2, 0) is 23.8 Å². The van der Waals surface area contributed by atoms with Crippen LogP contribution >= 0.6 is 0 Å². The summed E-state index contributed by atoms with van der Waals surface area (Å²) in [5, 5.41) is 16.7. The van der Waals surface area contributed by atoms with Crippen LogP contribution in [0.2, 0.25) is 0 Å². The molecule has 0 rings (SSSR count). The molecule has 0 aliphatic carbocycles. The molecule has 0 bridgehead atoms. The molecule has 2 N–H and O–H groups in total. The maximum absolute atomic E-state index is 10.9. The molecule has 0 aromatic carbocycles. The molecule has 0 saturated heterocycles. The first kappa shape index (κ1) is 15.8. The lowest BCUT2D eigenvalue weighted by Crippen LogP contribution is -2.13. The Morgan fingerprint density at radius 2 is 1.47 bits per heavy atom. The summed E-state index contributed by atoms with van der Waals surface area (Å²) in [4.78, 5) is 21.0. The number of carboxylic acids is 1. The first-order valence-electron chi connectivity index (χ1n) is 5.30. The Morgan fingerprint density at radius 1 is 0.882 bits per heavy atom. The van der Waals surface area contributed by atoms with Crippen molar-refractivity contribution in [2.24, 2.45) is 0 Å². The minimum atomic E-state index is -0.905. The molecule has 0 saturated carbocycles. The van der Waals surface area contributed by atoms with Crippen molar-refractivity contribution in [1.82, 2.24) is 0 Å². The van der Waals surface area contributed by atoms with Gasteiger partial charge in [0.05, 0.1) is 45.9 Å². The molecule has 7 nitrogen and oxygen atoms in total. The molecule has 0 atom stereocenters. The average molecular weight is 250 g/mol. The standard InChI is InChI=1S/C10H18O7/c11-3-6-17-10(14)2-5-16-8-7-15-4-1-9(12)13/h11H,1-8H2,(H,12,13). The third kappa shape index (κ3) is 12.8. The number of carbonyl (C=O) groups excluding carboxylic acids is 1. The summed E-state index contributed by atoms with van der Waals surface area (Å²) in [5.41, 5.74) is 0. The molecule has 0 aromatic rings. The van der Waals surface area contributed by atoms with Crippen LogP contribution in [0.15, 0.2) is 0 Å². The molecule has 0 fully saturated rings. The summed E-state index contributed by atoms with van der Waals surface area (Å²) < 4.78 is 14.6. The van der Waals surface area contributed by atoms with Gasteiger partial charge in [-0.3, -0.25) is 9.59 Å². The van der Waals surface area contributed by atoms with Crippen molar-refractivity contribution < 1.29 is 34.0 Å². The highest BCUT2D eigenvalue weighted by molar-refractivity contribution is 5.69. The summed E-state index contributed by atoms with van der Waals surface area (Å²) in [6, 6.07) is 0. The second-order valence-corrected chi connectivity index (χ2v) is 3.06. The van der Waals surface area contributed by atoms with Crippen LogP contribution < -0.4 is 0 Å². The van der Waals surface area contributed by atoms with Crippen molar-refractivity contribution in [2.75, 3.05) is 39.6 Å². The predicted octanol–water partition coefficient (Wildman–Crippen LogP) is -0.580. The van der Waals surface area contributed by atoms with E-state index in [0.717, 1.165) is 0 Å². The normalized spacial score (nSPS) is 10.2. The Labute approximate surface area is 99.3 Å². The molecule has 17 heavy (non-hydrogen) atoms. The number of hydrogen-bond acceptors (Lipinski definition) is 6. The maximum Gasteiger partial charge on any atom is 0.308 e. The van der Waals surface area contributed by atoms with Crippen LogP contribution in [0.3, 0.4) is 0 Å². The van der Waals surface area contributed by atoms with Gasteiger partial charge < -0.3 is 24.4 Å². The highest BCUT2D eigenvalue weighted by Gasteiger charge is 2.01. The Bertz CT molecular complexity index is 217. The number of aliphatic carboxylic acids is 1. The molecule has 0 radical (unpaired) electrons. The van der Waals surface area contributed by atoms with Gasteiger partial charge in [-0.05, 0) is 0 Å². The Balaban J connectivity index is 3.12. The van der Waals surface area contributed by atoms with Gasteiger partial charge in [0.25, 0.3) is 0 Å². The molecule has 100 valence electrons. The van der Waals surface area contributed by atoms with E-state index >= 15 is 0 Å². The lowest BCUT2D eigenvalue weighted by atomic mass is 10.4. The lowest BCUT2D eigenvalue weighted by molar-refractivity contribution is -0.146. The first-order chi connectivity index (χ1) is 8.16. The van der Waals surface area contributed by atoms with Gasteiger partial charge in [0.1, 0.15) is 6.61 Å². The van der Waals surface area contributed by atoms with Crippen LogP contribution in [-0.4, -0.2) is 61.8 Å². The molecule has 0 aromatic heterocycles. The van der Waals surface area contributed by atoms with E-state index in [1.54, 1.807) is 0 Å². The number of carboxylic acid groups (broad SMARTS) is 1. The first-order valence-corrected chi connectivity index (χ1v) is 5.30. The van der Waals surface area contributed by atoms with E-state index in [4.69, 9.17) is 19.7 Å². The molecule has 0 aliphatic rings. The summed E-state index contributed by atoms with van der Waals surface area (Å²) >= 11 is 0. The number of rotatable bonds is 11. The van der Waals surface area contributed by atoms with E-state index in [9.17, 15) is 9.59 Å². The molecular formula is C10H18O7. The fourth-order valence-corrected chi connectivity index (χ4v) is 0.869. The van der Waals surface area contributed by atoms with Crippen molar-refractivity contribution in [1.29, 1.82) is 0 Å². The van der Waals surface area contributed by atoms with Crippen LogP contribution in [0.4, 0.5) is 0 Å². The van der Waals surface area contributed by atoms with Crippen molar-refractivity contribution >= 4 is 11.9 Å². The van der Waals surface area contributed by atoms with Crippen molar-refractivity contribution in [3.05, 3.63) is 0 Å². The molecule has 7 heteroatoms. The minimum absolute atomic E-state index is 0.00284. The van der Waals surface area contributed by atoms with Crippen LogP contribution in [0.1, 0.15) is 12.8 Å². The second kappa shape index (κ2) is 11.3. The largest absolute Gasteiger partial charge is 0.481 e. The zero-order chi connectivity index (χ0) is 12.9. The zero-order valence-electron chi connectivity index (χ0n) is 9.59. The fourth-order valence-electron chi connectivity index (χ4n) is 0.869. The molecule has 0 spiro atoms. The lowest BCUT2D eigenvalue weighted by Gasteiger charge is -2.05. The highest BCUT2D eigenvalue weighted by Crippen LogP contribution is 1.89. The van der Waals surface area contributed by atoms with Gasteiger partial charge in [-0.1, -0.05) is 0 Å². The second-order valence-electron chi connectivity index (χ2n) is 3.06. The third-order valence-corrected chi connectivity index (χ3v) is 1.64. The third-order valence-electron chi connectivity index (χ3n) is 1.64. The fraction of sp³-hybridized carbons (Fsp3) is 0.800. The summed E-state index contributed by atoms with van der Waals surface area (Å²) in [6.45, 7) is 0.761. The molecule has 0 aliphatic heterocycles. The summed E-state index contributed by atoms with van der Waals surface area (Å²) in [7, 11) is 0. The van der Waals surface area contributed by atoms with Gasteiger partial charge in [-0.2, -0.15) is 0 Å². The molecular weight excluding hydrogens is 232 g/mol. The van der Waals surface area contributed by atoms with Crippen LogP contribution in [0, 0.1) is 0 Å². The Hall–Kier alpha value is -1.18. The van der Waals surface area contributed by atoms with E-state index in [0.29, 0.717) is 13.2 Å². The van der Waals surface area contributed by atoms with E-state index in [1.165, 1.54) is 0 Å². The highest BCUT2D eigenvalue weighted by atomic mass is 16.5. The Kier molecular flexibility index (Phi) is 10.5. The van der Waals surface area contributed by atoms with Crippen LogP contribution in [0.25, 0.3) is 0 Å². The van der Waals surface area contributed by atoms with Gasteiger partial charge in [-0.15, -0.1) is 0 Å². The van der Waals surface area contributed by atoms with E-state index in [1.807, 2.05) is 0 Å². The number of ether oxygens (including phenoxy) is 3. The van der Waals surface area contributed by atoms with Crippen molar-refractivity contribution in [2.45, 2.75) is 12.8 Å². The van der Waals surface area contributed by atoms with Gasteiger partial charge in [0.15, 0.2) is 0 Å². The molecule has 0 amide bonds. The van der Waals surface area contributed by atoms with E-state index in [2.05, 4.69) is 4.74 Å². The van der Waals surface area contributed by atoms with Crippen molar-refractivity contribution in [3.8, 4) is 0 Å². The van der Waals surface area contributed by atoms with Gasteiger partial charge in [0.2, 0.25) is 0 Å². The van der Waals surface area contributed by atoms with Crippen molar-refractivity contribution in [3.63, 3.8) is 0 Å². The summed E-state index contributed by atoms with van der Waals surface area (Å²) in [6.07, 6.45) is 0.0859.